The Morgan fingerprint density at radius 2 is 1.76 bits per heavy atom. The Balaban J connectivity index is 1.51. The highest BCUT2D eigenvalue weighted by Gasteiger charge is 2.34. The Labute approximate surface area is 222 Å². The van der Waals surface area contributed by atoms with Gasteiger partial charge in [-0.1, -0.05) is 44.0 Å². The number of rotatable bonds is 12. The second kappa shape index (κ2) is 14.8. The van der Waals surface area contributed by atoms with Gasteiger partial charge >= 0.3 is 5.97 Å². The minimum absolute atomic E-state index is 0.0752. The number of ether oxygens (including phenoxy) is 3. The Morgan fingerprint density at radius 1 is 1.03 bits per heavy atom. The van der Waals surface area contributed by atoms with Gasteiger partial charge in [0, 0.05) is 18.7 Å². The van der Waals surface area contributed by atoms with Crippen molar-refractivity contribution in [1.82, 2.24) is 15.5 Å². The number of thiocarbonyl (C=S) groups is 1. The van der Waals surface area contributed by atoms with Crippen LogP contribution in [-0.4, -0.2) is 66.7 Å². The number of benzene rings is 2. The monoisotopic (exact) mass is 527 g/mol. The summed E-state index contributed by atoms with van der Waals surface area (Å²) >= 11 is 5.43. The average molecular weight is 528 g/mol. The van der Waals surface area contributed by atoms with Gasteiger partial charge in [0.1, 0.15) is 30.8 Å². The number of para-hydroxylation sites is 1. The van der Waals surface area contributed by atoms with E-state index in [9.17, 15) is 14.4 Å². The molecule has 2 aromatic carbocycles. The molecule has 1 unspecified atom stereocenters. The molecule has 1 atom stereocenters. The number of piperazine rings is 1. The van der Waals surface area contributed by atoms with E-state index in [0.29, 0.717) is 44.2 Å². The zero-order chi connectivity index (χ0) is 26.5. The lowest BCUT2D eigenvalue weighted by Crippen LogP contribution is -2.60. The molecule has 1 saturated heterocycles. The highest BCUT2D eigenvalue weighted by molar-refractivity contribution is 7.80. The third-order valence-electron chi connectivity index (χ3n) is 5.64. The summed E-state index contributed by atoms with van der Waals surface area (Å²) in [7, 11) is 0. The van der Waals surface area contributed by atoms with Crippen molar-refractivity contribution in [2.45, 2.75) is 38.6 Å². The van der Waals surface area contributed by atoms with Gasteiger partial charge in [0.25, 0.3) is 5.91 Å². The summed E-state index contributed by atoms with van der Waals surface area (Å²) in [6, 6.07) is 15.3. The van der Waals surface area contributed by atoms with Crippen LogP contribution in [-0.2, 0) is 14.3 Å². The standard InChI is InChI=1S/C27H33N3O6S/c1-2-3-7-15-36-24(31)19-23-26(33)28-13-14-30(23)27(37)29-25(32)20-9-8-12-22(18-20)35-17-16-34-21-10-5-4-6-11-21/h4-6,8-12,18,23H,2-3,7,13-17,19H2,1H3,(H,28,33)(H,29,32,37). The summed E-state index contributed by atoms with van der Waals surface area (Å²) < 4.78 is 16.6. The van der Waals surface area contributed by atoms with E-state index in [4.69, 9.17) is 26.4 Å². The number of nitrogens with one attached hydrogen (secondary N) is 2. The number of esters is 1. The number of amides is 2. The van der Waals surface area contributed by atoms with Crippen molar-refractivity contribution in [3.63, 3.8) is 0 Å². The molecule has 0 aliphatic carbocycles. The molecule has 1 heterocycles. The zero-order valence-electron chi connectivity index (χ0n) is 20.9. The van der Waals surface area contributed by atoms with Gasteiger partial charge < -0.3 is 24.4 Å². The fourth-order valence-corrected chi connectivity index (χ4v) is 4.03. The van der Waals surface area contributed by atoms with Crippen LogP contribution in [0.2, 0.25) is 0 Å². The highest BCUT2D eigenvalue weighted by atomic mass is 32.1. The highest BCUT2D eigenvalue weighted by Crippen LogP contribution is 2.15. The molecule has 37 heavy (non-hydrogen) atoms. The molecule has 0 spiro atoms. The van der Waals surface area contributed by atoms with E-state index in [1.165, 1.54) is 0 Å². The van der Waals surface area contributed by atoms with Crippen LogP contribution in [0, 0.1) is 0 Å². The topological polar surface area (TPSA) is 106 Å². The second-order valence-corrected chi connectivity index (χ2v) is 8.82. The van der Waals surface area contributed by atoms with Crippen LogP contribution in [0.25, 0.3) is 0 Å². The molecule has 0 saturated carbocycles. The Morgan fingerprint density at radius 3 is 2.51 bits per heavy atom. The van der Waals surface area contributed by atoms with Crippen LogP contribution in [0.5, 0.6) is 11.5 Å². The molecule has 1 aliphatic heterocycles. The number of unbranched alkanes of at least 4 members (excludes halogenated alkanes) is 2. The SMILES string of the molecule is CCCCCOC(=O)CC1C(=O)NCCN1C(=S)NC(=O)c1cccc(OCCOc2ccccc2)c1. The molecular weight excluding hydrogens is 494 g/mol. The van der Waals surface area contributed by atoms with Crippen LogP contribution < -0.4 is 20.1 Å². The number of carbonyl (C=O) groups is 3. The van der Waals surface area contributed by atoms with Crippen molar-refractivity contribution in [3.05, 3.63) is 60.2 Å². The molecule has 0 bridgehead atoms. The molecule has 1 aliphatic rings. The average Bonchev–Trinajstić information content (AvgIpc) is 2.91. The van der Waals surface area contributed by atoms with Gasteiger partial charge in [-0.25, -0.2) is 0 Å². The third kappa shape index (κ3) is 9.05. The van der Waals surface area contributed by atoms with Crippen LogP contribution in [0.4, 0.5) is 0 Å². The van der Waals surface area contributed by atoms with E-state index in [1.807, 2.05) is 30.3 Å². The van der Waals surface area contributed by atoms with Crippen molar-refractivity contribution >= 4 is 35.1 Å². The molecule has 198 valence electrons. The van der Waals surface area contributed by atoms with E-state index in [0.717, 1.165) is 25.0 Å². The number of nitrogens with zero attached hydrogens (tertiary/aromatic N) is 1. The lowest BCUT2D eigenvalue weighted by atomic mass is 10.1. The second-order valence-electron chi connectivity index (χ2n) is 8.43. The summed E-state index contributed by atoms with van der Waals surface area (Å²) in [6.07, 6.45) is 2.61. The van der Waals surface area contributed by atoms with Gasteiger partial charge in [0.15, 0.2) is 5.11 Å². The largest absolute Gasteiger partial charge is 0.490 e. The quantitative estimate of drug-likeness (QED) is 0.247. The molecule has 3 rings (SSSR count). The predicted octanol–water partition coefficient (Wildman–Crippen LogP) is 3.08. The molecule has 2 amide bonds. The molecule has 0 aromatic heterocycles. The minimum Gasteiger partial charge on any atom is -0.490 e. The number of carbonyl (C=O) groups excluding carboxylic acids is 3. The first-order valence-electron chi connectivity index (χ1n) is 12.4. The van der Waals surface area contributed by atoms with Crippen molar-refractivity contribution in [1.29, 1.82) is 0 Å². The van der Waals surface area contributed by atoms with E-state index in [2.05, 4.69) is 17.6 Å². The summed E-state index contributed by atoms with van der Waals surface area (Å²) in [4.78, 5) is 39.2. The maximum absolute atomic E-state index is 12.9. The Bertz CT molecular complexity index is 1070. The maximum Gasteiger partial charge on any atom is 0.308 e. The molecule has 0 radical (unpaired) electrons. The Hall–Kier alpha value is -3.66. The molecule has 10 heteroatoms. The van der Waals surface area contributed by atoms with Gasteiger partial charge in [-0.3, -0.25) is 19.7 Å². The van der Waals surface area contributed by atoms with Crippen molar-refractivity contribution in [2.75, 3.05) is 32.9 Å². The smallest absolute Gasteiger partial charge is 0.308 e. The Kier molecular flexibility index (Phi) is 11.2. The summed E-state index contributed by atoms with van der Waals surface area (Å²) in [5, 5.41) is 5.49. The number of hydrogen-bond acceptors (Lipinski definition) is 7. The van der Waals surface area contributed by atoms with Gasteiger partial charge in [-0.2, -0.15) is 0 Å². The van der Waals surface area contributed by atoms with Crippen LogP contribution >= 0.6 is 12.2 Å². The lowest BCUT2D eigenvalue weighted by Gasteiger charge is -2.36. The molecule has 2 N–H and O–H groups in total. The summed E-state index contributed by atoms with van der Waals surface area (Å²) in [5.74, 6) is 0.0150. The van der Waals surface area contributed by atoms with Crippen molar-refractivity contribution < 1.29 is 28.6 Å². The van der Waals surface area contributed by atoms with Crippen LogP contribution in [0.3, 0.4) is 0 Å². The zero-order valence-corrected chi connectivity index (χ0v) is 21.8. The molecule has 9 nitrogen and oxygen atoms in total. The first kappa shape index (κ1) is 27.9. The van der Waals surface area contributed by atoms with E-state index in [1.54, 1.807) is 29.2 Å². The van der Waals surface area contributed by atoms with Gasteiger partial charge in [0.05, 0.1) is 13.0 Å². The van der Waals surface area contributed by atoms with E-state index < -0.39 is 17.9 Å². The summed E-state index contributed by atoms with van der Waals surface area (Å²) in [5.41, 5.74) is 0.345. The minimum atomic E-state index is -0.848. The first-order chi connectivity index (χ1) is 18.0. The fourth-order valence-electron chi connectivity index (χ4n) is 3.72. The van der Waals surface area contributed by atoms with Crippen LogP contribution in [0.15, 0.2) is 54.6 Å². The number of hydrogen-bond donors (Lipinski definition) is 2. The van der Waals surface area contributed by atoms with Gasteiger partial charge in [-0.05, 0) is 49.0 Å². The third-order valence-corrected chi connectivity index (χ3v) is 5.98. The first-order valence-corrected chi connectivity index (χ1v) is 12.8. The molecule has 2 aromatic rings. The maximum atomic E-state index is 12.9. The van der Waals surface area contributed by atoms with E-state index >= 15 is 0 Å². The fraction of sp³-hybridized carbons (Fsp3) is 0.407. The van der Waals surface area contributed by atoms with Gasteiger partial charge in [-0.15, -0.1) is 0 Å². The van der Waals surface area contributed by atoms with Crippen molar-refractivity contribution in [3.8, 4) is 11.5 Å². The van der Waals surface area contributed by atoms with Crippen molar-refractivity contribution in [2.24, 2.45) is 0 Å². The van der Waals surface area contributed by atoms with E-state index in [-0.39, 0.29) is 17.4 Å². The normalized spacial score (nSPS) is 14.9. The lowest BCUT2D eigenvalue weighted by molar-refractivity contribution is -0.147. The summed E-state index contributed by atoms with van der Waals surface area (Å²) in [6.45, 7) is 3.75. The molecule has 1 fully saturated rings. The van der Waals surface area contributed by atoms with Crippen LogP contribution in [0.1, 0.15) is 43.0 Å². The van der Waals surface area contributed by atoms with Gasteiger partial charge in [0.2, 0.25) is 5.91 Å². The molecular formula is C27H33N3O6S. The predicted molar refractivity (Wildman–Crippen MR) is 143 cm³/mol.